The standard InChI is InChI=1S/C13H23N5O2/c1-13(2,3)20-12(19)15-7-8-18-9-11(16-17-18)10-5-4-6-14-10/h9-10,14H,4-8H2,1-3H3,(H,15,19). The molecule has 1 fully saturated rings. The van der Waals surface area contributed by atoms with Crippen molar-refractivity contribution < 1.29 is 9.53 Å². The van der Waals surface area contributed by atoms with E-state index in [4.69, 9.17) is 4.74 Å². The zero-order valence-electron chi connectivity index (χ0n) is 12.3. The molecule has 2 heterocycles. The van der Waals surface area contributed by atoms with Crippen LogP contribution in [-0.2, 0) is 11.3 Å². The number of hydrogen-bond acceptors (Lipinski definition) is 5. The van der Waals surface area contributed by atoms with Gasteiger partial charge in [-0.15, -0.1) is 5.10 Å². The van der Waals surface area contributed by atoms with Gasteiger partial charge in [-0.2, -0.15) is 0 Å². The van der Waals surface area contributed by atoms with Gasteiger partial charge in [0.2, 0.25) is 0 Å². The minimum Gasteiger partial charge on any atom is -0.444 e. The van der Waals surface area contributed by atoms with Crippen molar-refractivity contribution in [3.05, 3.63) is 11.9 Å². The van der Waals surface area contributed by atoms with Crippen molar-refractivity contribution in [2.75, 3.05) is 13.1 Å². The van der Waals surface area contributed by atoms with Gasteiger partial charge in [-0.1, -0.05) is 5.21 Å². The van der Waals surface area contributed by atoms with Crippen molar-refractivity contribution in [3.8, 4) is 0 Å². The molecule has 1 atom stereocenters. The summed E-state index contributed by atoms with van der Waals surface area (Å²) in [7, 11) is 0. The Morgan fingerprint density at radius 2 is 2.40 bits per heavy atom. The van der Waals surface area contributed by atoms with Crippen molar-refractivity contribution in [1.29, 1.82) is 0 Å². The normalized spacial score (nSPS) is 19.1. The van der Waals surface area contributed by atoms with E-state index in [0.29, 0.717) is 19.1 Å². The number of carbonyl (C=O) groups is 1. The Morgan fingerprint density at radius 1 is 1.60 bits per heavy atom. The van der Waals surface area contributed by atoms with Gasteiger partial charge in [0.25, 0.3) is 0 Å². The topological polar surface area (TPSA) is 81.1 Å². The van der Waals surface area contributed by atoms with E-state index in [1.54, 1.807) is 4.68 Å². The molecule has 0 bridgehead atoms. The molecular formula is C13H23N5O2. The van der Waals surface area contributed by atoms with E-state index >= 15 is 0 Å². The van der Waals surface area contributed by atoms with E-state index in [1.165, 1.54) is 6.42 Å². The predicted molar refractivity (Wildman–Crippen MR) is 74.2 cm³/mol. The van der Waals surface area contributed by atoms with Crippen molar-refractivity contribution in [3.63, 3.8) is 0 Å². The van der Waals surface area contributed by atoms with Crippen LogP contribution in [-0.4, -0.2) is 39.8 Å². The predicted octanol–water partition coefficient (Wildman–Crippen LogP) is 1.23. The third-order valence-corrected chi connectivity index (χ3v) is 2.98. The van der Waals surface area contributed by atoms with Gasteiger partial charge in [0, 0.05) is 6.54 Å². The highest BCUT2D eigenvalue weighted by Crippen LogP contribution is 2.20. The van der Waals surface area contributed by atoms with Crippen molar-refractivity contribution >= 4 is 6.09 Å². The average molecular weight is 281 g/mol. The van der Waals surface area contributed by atoms with Crippen LogP contribution in [0.2, 0.25) is 0 Å². The van der Waals surface area contributed by atoms with E-state index in [0.717, 1.165) is 18.7 Å². The van der Waals surface area contributed by atoms with Crippen LogP contribution in [0.1, 0.15) is 45.3 Å². The summed E-state index contributed by atoms with van der Waals surface area (Å²) in [6, 6.07) is 0.322. The summed E-state index contributed by atoms with van der Waals surface area (Å²) in [6.07, 6.45) is 3.81. The summed E-state index contributed by atoms with van der Waals surface area (Å²) < 4.78 is 6.90. The lowest BCUT2D eigenvalue weighted by Crippen LogP contribution is -2.34. The molecule has 1 aromatic heterocycles. The van der Waals surface area contributed by atoms with E-state index in [-0.39, 0.29) is 0 Å². The average Bonchev–Trinajstić information content (AvgIpc) is 2.96. The Balaban J connectivity index is 1.73. The Bertz CT molecular complexity index is 446. The molecule has 1 aliphatic heterocycles. The molecule has 2 rings (SSSR count). The van der Waals surface area contributed by atoms with Crippen LogP contribution in [0.3, 0.4) is 0 Å². The molecule has 1 aliphatic rings. The maximum atomic E-state index is 11.5. The van der Waals surface area contributed by atoms with Crippen molar-refractivity contribution in [2.45, 2.75) is 51.8 Å². The Labute approximate surface area is 119 Å². The number of nitrogens with zero attached hydrogens (tertiary/aromatic N) is 3. The van der Waals surface area contributed by atoms with Gasteiger partial charge in [-0.3, -0.25) is 4.68 Å². The number of nitrogens with one attached hydrogen (secondary N) is 2. The third-order valence-electron chi connectivity index (χ3n) is 2.98. The minimum atomic E-state index is -0.474. The van der Waals surface area contributed by atoms with Crippen molar-refractivity contribution in [1.82, 2.24) is 25.6 Å². The van der Waals surface area contributed by atoms with Gasteiger partial charge < -0.3 is 15.4 Å². The number of amides is 1. The second kappa shape index (κ2) is 6.21. The third kappa shape index (κ3) is 4.48. The van der Waals surface area contributed by atoms with Crippen LogP contribution in [0, 0.1) is 0 Å². The maximum Gasteiger partial charge on any atom is 0.407 e. The number of aromatic nitrogens is 3. The van der Waals surface area contributed by atoms with Crippen LogP contribution in [0.5, 0.6) is 0 Å². The quantitative estimate of drug-likeness (QED) is 0.867. The summed E-state index contributed by atoms with van der Waals surface area (Å²) in [5.74, 6) is 0. The van der Waals surface area contributed by atoms with Gasteiger partial charge in [-0.05, 0) is 40.2 Å². The highest BCUT2D eigenvalue weighted by atomic mass is 16.6. The van der Waals surface area contributed by atoms with Gasteiger partial charge in [0.15, 0.2) is 0 Å². The highest BCUT2D eigenvalue weighted by Gasteiger charge is 2.19. The number of ether oxygens (including phenoxy) is 1. The number of alkyl carbamates (subject to hydrolysis) is 1. The monoisotopic (exact) mass is 281 g/mol. The molecule has 0 aromatic carbocycles. The zero-order chi connectivity index (χ0) is 14.6. The number of rotatable bonds is 4. The first-order chi connectivity index (χ1) is 9.44. The fraction of sp³-hybridized carbons (Fsp3) is 0.769. The molecule has 20 heavy (non-hydrogen) atoms. The lowest BCUT2D eigenvalue weighted by atomic mass is 10.2. The largest absolute Gasteiger partial charge is 0.444 e. The summed E-state index contributed by atoms with van der Waals surface area (Å²) in [4.78, 5) is 11.5. The molecule has 1 unspecified atom stereocenters. The van der Waals surface area contributed by atoms with Gasteiger partial charge in [-0.25, -0.2) is 4.79 Å². The molecule has 1 saturated heterocycles. The molecule has 112 valence electrons. The first-order valence-corrected chi connectivity index (χ1v) is 7.04. The Morgan fingerprint density at radius 3 is 3.05 bits per heavy atom. The molecule has 2 N–H and O–H groups in total. The Kier molecular flexibility index (Phi) is 4.59. The van der Waals surface area contributed by atoms with Gasteiger partial charge >= 0.3 is 6.09 Å². The molecule has 0 spiro atoms. The molecule has 0 radical (unpaired) electrons. The molecule has 7 nitrogen and oxygen atoms in total. The fourth-order valence-electron chi connectivity index (χ4n) is 2.11. The molecule has 7 heteroatoms. The first-order valence-electron chi connectivity index (χ1n) is 7.04. The van der Waals surface area contributed by atoms with E-state index < -0.39 is 11.7 Å². The first kappa shape index (κ1) is 14.8. The second-order valence-corrected chi connectivity index (χ2v) is 5.98. The van der Waals surface area contributed by atoms with E-state index in [1.807, 2.05) is 27.0 Å². The summed E-state index contributed by atoms with van der Waals surface area (Å²) in [5.41, 5.74) is 0.498. The number of carbonyl (C=O) groups excluding carboxylic acids is 1. The fourth-order valence-corrected chi connectivity index (χ4v) is 2.11. The molecule has 1 amide bonds. The molecule has 0 aliphatic carbocycles. The second-order valence-electron chi connectivity index (χ2n) is 5.98. The molecule has 0 saturated carbocycles. The summed E-state index contributed by atoms with van der Waals surface area (Å²) >= 11 is 0. The van der Waals surface area contributed by atoms with Crippen LogP contribution in [0.15, 0.2) is 6.20 Å². The van der Waals surface area contributed by atoms with Crippen LogP contribution < -0.4 is 10.6 Å². The van der Waals surface area contributed by atoms with Crippen molar-refractivity contribution in [2.24, 2.45) is 0 Å². The van der Waals surface area contributed by atoms with Crippen LogP contribution in [0.4, 0.5) is 4.79 Å². The maximum absolute atomic E-state index is 11.5. The van der Waals surface area contributed by atoms with Gasteiger partial charge in [0.05, 0.1) is 24.5 Å². The van der Waals surface area contributed by atoms with Gasteiger partial charge in [0.1, 0.15) is 5.60 Å². The summed E-state index contributed by atoms with van der Waals surface area (Å²) in [5, 5.41) is 14.3. The van der Waals surface area contributed by atoms with E-state index in [9.17, 15) is 4.79 Å². The smallest absolute Gasteiger partial charge is 0.407 e. The van der Waals surface area contributed by atoms with Crippen LogP contribution >= 0.6 is 0 Å². The Hall–Kier alpha value is -1.63. The minimum absolute atomic E-state index is 0.322. The lowest BCUT2D eigenvalue weighted by Gasteiger charge is -2.19. The lowest BCUT2D eigenvalue weighted by molar-refractivity contribution is 0.0525. The van der Waals surface area contributed by atoms with E-state index in [2.05, 4.69) is 20.9 Å². The van der Waals surface area contributed by atoms with Crippen LogP contribution in [0.25, 0.3) is 0 Å². The zero-order valence-corrected chi connectivity index (χ0v) is 12.3. The molecule has 1 aromatic rings. The highest BCUT2D eigenvalue weighted by molar-refractivity contribution is 5.67. The summed E-state index contributed by atoms with van der Waals surface area (Å²) in [6.45, 7) is 7.60. The number of hydrogen-bond donors (Lipinski definition) is 2. The SMILES string of the molecule is CC(C)(C)OC(=O)NCCn1cc(C2CCCN2)nn1. The molecular weight excluding hydrogens is 258 g/mol.